The number of aromatic amines is 1. The van der Waals surface area contributed by atoms with Crippen LogP contribution in [0.4, 0.5) is 0 Å². The van der Waals surface area contributed by atoms with Crippen LogP contribution in [0.3, 0.4) is 0 Å². The van der Waals surface area contributed by atoms with Gasteiger partial charge in [0.1, 0.15) is 0 Å². The Morgan fingerprint density at radius 3 is 2.60 bits per heavy atom. The lowest BCUT2D eigenvalue weighted by molar-refractivity contribution is -0.134. The largest absolute Gasteiger partial charge is 0.345 e. The fraction of sp³-hybridized carbons (Fsp3) is 0.632. The molecular formula is C19H27N3O3. The molecule has 2 aliphatic rings. The molecule has 1 aromatic heterocycles. The Bertz CT molecular complexity index is 740. The van der Waals surface area contributed by atoms with Crippen LogP contribution in [-0.4, -0.2) is 53.3 Å². The van der Waals surface area contributed by atoms with Crippen molar-refractivity contribution in [1.82, 2.24) is 14.8 Å². The first-order valence-electron chi connectivity index (χ1n) is 9.02. The normalized spacial score (nSPS) is 26.0. The molecule has 1 aliphatic carbocycles. The SMILES string of the molecule is CC(C)c1[nH]c(=O)ccc1C(=O)N(C)[C@H]1C[C@H]2CC(=O)N(C)C[C@H]2C1. The summed E-state index contributed by atoms with van der Waals surface area (Å²) >= 11 is 0. The first-order valence-corrected chi connectivity index (χ1v) is 9.02. The van der Waals surface area contributed by atoms with Crippen LogP contribution in [0.5, 0.6) is 0 Å². The molecule has 3 atom stereocenters. The van der Waals surface area contributed by atoms with Crippen molar-refractivity contribution >= 4 is 11.8 Å². The second kappa shape index (κ2) is 6.65. The Kier molecular flexibility index (Phi) is 4.71. The number of H-pyrrole nitrogens is 1. The summed E-state index contributed by atoms with van der Waals surface area (Å²) in [5.74, 6) is 1.08. The van der Waals surface area contributed by atoms with E-state index in [0.29, 0.717) is 29.5 Å². The van der Waals surface area contributed by atoms with Crippen molar-refractivity contribution in [2.75, 3.05) is 20.6 Å². The summed E-state index contributed by atoms with van der Waals surface area (Å²) in [6.07, 6.45) is 2.41. The van der Waals surface area contributed by atoms with Gasteiger partial charge in [-0.25, -0.2) is 0 Å². The van der Waals surface area contributed by atoms with Gasteiger partial charge in [-0.2, -0.15) is 0 Å². The van der Waals surface area contributed by atoms with Gasteiger partial charge in [0.15, 0.2) is 0 Å². The number of piperidine rings is 1. The topological polar surface area (TPSA) is 73.5 Å². The van der Waals surface area contributed by atoms with Crippen LogP contribution in [0, 0.1) is 11.8 Å². The van der Waals surface area contributed by atoms with Gasteiger partial charge in [-0.15, -0.1) is 0 Å². The van der Waals surface area contributed by atoms with Crippen molar-refractivity contribution in [2.45, 2.75) is 45.1 Å². The molecule has 25 heavy (non-hydrogen) atoms. The first kappa shape index (κ1) is 17.7. The molecule has 136 valence electrons. The highest BCUT2D eigenvalue weighted by molar-refractivity contribution is 5.95. The van der Waals surface area contributed by atoms with Crippen LogP contribution in [0.25, 0.3) is 0 Å². The van der Waals surface area contributed by atoms with E-state index in [1.54, 1.807) is 6.07 Å². The highest BCUT2D eigenvalue weighted by atomic mass is 16.2. The van der Waals surface area contributed by atoms with Crippen LogP contribution in [0.2, 0.25) is 0 Å². The van der Waals surface area contributed by atoms with Crippen molar-refractivity contribution in [2.24, 2.45) is 11.8 Å². The molecule has 0 aromatic carbocycles. The quantitative estimate of drug-likeness (QED) is 0.908. The average Bonchev–Trinajstić information content (AvgIpc) is 2.96. The number of nitrogens with one attached hydrogen (secondary N) is 1. The van der Waals surface area contributed by atoms with E-state index in [1.165, 1.54) is 6.07 Å². The smallest absolute Gasteiger partial charge is 0.255 e. The van der Waals surface area contributed by atoms with Crippen LogP contribution >= 0.6 is 0 Å². The minimum atomic E-state index is -0.184. The van der Waals surface area contributed by atoms with Gasteiger partial charge < -0.3 is 14.8 Å². The highest BCUT2D eigenvalue weighted by Gasteiger charge is 2.42. The Labute approximate surface area is 148 Å². The number of carbonyl (C=O) groups is 2. The van der Waals surface area contributed by atoms with Gasteiger partial charge in [-0.1, -0.05) is 13.8 Å². The number of pyridine rings is 1. The number of likely N-dealkylation sites (tertiary alicyclic amines) is 1. The van der Waals surface area contributed by atoms with Gasteiger partial charge in [0.05, 0.1) is 5.56 Å². The molecule has 1 saturated carbocycles. The summed E-state index contributed by atoms with van der Waals surface area (Å²) in [7, 11) is 3.70. The second-order valence-electron chi connectivity index (χ2n) is 7.84. The number of nitrogens with zero attached hydrogens (tertiary/aromatic N) is 2. The molecule has 1 aromatic rings. The summed E-state index contributed by atoms with van der Waals surface area (Å²) < 4.78 is 0. The first-order chi connectivity index (χ1) is 11.8. The lowest BCUT2D eigenvalue weighted by Gasteiger charge is -2.31. The monoisotopic (exact) mass is 345 g/mol. The molecule has 0 radical (unpaired) electrons. The summed E-state index contributed by atoms with van der Waals surface area (Å²) in [5.41, 5.74) is 1.08. The number of rotatable bonds is 3. The Balaban J connectivity index is 1.78. The van der Waals surface area contributed by atoms with Crippen molar-refractivity contribution in [3.05, 3.63) is 33.7 Å². The molecule has 2 amide bonds. The molecule has 6 nitrogen and oxygen atoms in total. The van der Waals surface area contributed by atoms with Gasteiger partial charge in [-0.3, -0.25) is 14.4 Å². The van der Waals surface area contributed by atoms with E-state index in [9.17, 15) is 14.4 Å². The van der Waals surface area contributed by atoms with Crippen LogP contribution < -0.4 is 5.56 Å². The van der Waals surface area contributed by atoms with Crippen molar-refractivity contribution < 1.29 is 9.59 Å². The summed E-state index contributed by atoms with van der Waals surface area (Å²) in [6.45, 7) is 4.72. The third-order valence-electron chi connectivity index (χ3n) is 5.81. The lowest BCUT2D eigenvalue weighted by Crippen LogP contribution is -2.40. The number of hydrogen-bond donors (Lipinski definition) is 1. The van der Waals surface area contributed by atoms with Crippen molar-refractivity contribution in [3.63, 3.8) is 0 Å². The average molecular weight is 345 g/mol. The summed E-state index contributed by atoms with van der Waals surface area (Å²) in [5, 5.41) is 0. The number of fused-ring (bicyclic) bond motifs is 1. The number of aromatic nitrogens is 1. The molecule has 1 saturated heterocycles. The van der Waals surface area contributed by atoms with E-state index in [0.717, 1.165) is 19.4 Å². The van der Waals surface area contributed by atoms with Crippen molar-refractivity contribution in [3.8, 4) is 0 Å². The maximum Gasteiger partial charge on any atom is 0.255 e. The van der Waals surface area contributed by atoms with Gasteiger partial charge in [0.2, 0.25) is 11.5 Å². The minimum Gasteiger partial charge on any atom is -0.345 e. The van der Waals surface area contributed by atoms with E-state index in [4.69, 9.17) is 0 Å². The van der Waals surface area contributed by atoms with E-state index < -0.39 is 0 Å². The number of carbonyl (C=O) groups excluding carboxylic acids is 2. The molecule has 2 fully saturated rings. The minimum absolute atomic E-state index is 0.0525. The molecule has 2 heterocycles. The van der Waals surface area contributed by atoms with Crippen LogP contribution in [0.1, 0.15) is 55.1 Å². The Morgan fingerprint density at radius 2 is 1.92 bits per heavy atom. The van der Waals surface area contributed by atoms with Crippen LogP contribution in [-0.2, 0) is 4.79 Å². The van der Waals surface area contributed by atoms with E-state index >= 15 is 0 Å². The molecule has 0 spiro atoms. The molecular weight excluding hydrogens is 318 g/mol. The summed E-state index contributed by atoms with van der Waals surface area (Å²) in [6, 6.07) is 3.19. The van der Waals surface area contributed by atoms with Gasteiger partial charge in [-0.05, 0) is 36.7 Å². The zero-order valence-electron chi connectivity index (χ0n) is 15.4. The number of hydrogen-bond acceptors (Lipinski definition) is 3. The number of amides is 2. The molecule has 1 N–H and O–H groups in total. The molecule has 0 unspecified atom stereocenters. The third-order valence-corrected chi connectivity index (χ3v) is 5.81. The molecule has 1 aliphatic heterocycles. The van der Waals surface area contributed by atoms with E-state index in [1.807, 2.05) is 37.7 Å². The maximum absolute atomic E-state index is 13.0. The van der Waals surface area contributed by atoms with E-state index in [-0.39, 0.29) is 29.3 Å². The highest BCUT2D eigenvalue weighted by Crippen LogP contribution is 2.40. The van der Waals surface area contributed by atoms with Gasteiger partial charge in [0.25, 0.3) is 5.91 Å². The zero-order valence-corrected chi connectivity index (χ0v) is 15.4. The molecule has 6 heteroatoms. The van der Waals surface area contributed by atoms with Crippen molar-refractivity contribution in [1.29, 1.82) is 0 Å². The standard InChI is InChI=1S/C19H27N3O3/c1-11(2)18-15(5-6-16(23)20-18)19(25)22(4)14-7-12-9-17(24)21(3)10-13(12)8-14/h5-6,11-14H,7-10H2,1-4H3,(H,20,23)/t12-,13+,14-/m0/s1. The predicted octanol–water partition coefficient (Wildman–Crippen LogP) is 1.83. The fourth-order valence-electron chi connectivity index (χ4n) is 4.29. The van der Waals surface area contributed by atoms with Gasteiger partial charge >= 0.3 is 0 Å². The predicted molar refractivity (Wildman–Crippen MR) is 95.5 cm³/mol. The zero-order chi connectivity index (χ0) is 18.3. The Hall–Kier alpha value is -2.11. The Morgan fingerprint density at radius 1 is 1.24 bits per heavy atom. The molecule has 0 bridgehead atoms. The van der Waals surface area contributed by atoms with Crippen LogP contribution in [0.15, 0.2) is 16.9 Å². The maximum atomic E-state index is 13.0. The van der Waals surface area contributed by atoms with Gasteiger partial charge in [0, 0.05) is 44.9 Å². The lowest BCUT2D eigenvalue weighted by atomic mass is 9.88. The molecule has 3 rings (SSSR count). The summed E-state index contributed by atoms with van der Waals surface area (Å²) in [4.78, 5) is 43.0. The fourth-order valence-corrected chi connectivity index (χ4v) is 4.29. The van der Waals surface area contributed by atoms with E-state index in [2.05, 4.69) is 4.98 Å². The second-order valence-corrected chi connectivity index (χ2v) is 7.84. The third kappa shape index (κ3) is 3.34.